The van der Waals surface area contributed by atoms with Crippen LogP contribution in [0.1, 0.15) is 55.9 Å². The normalized spacial score (nSPS) is 13.8. The van der Waals surface area contributed by atoms with Crippen LogP contribution in [0.3, 0.4) is 0 Å². The summed E-state index contributed by atoms with van der Waals surface area (Å²) in [5.74, 6) is -0.463. The molecule has 3 N–H and O–H groups in total. The number of nitrogens with two attached hydrogens (primary N) is 1. The predicted molar refractivity (Wildman–Crippen MR) is 152 cm³/mol. The van der Waals surface area contributed by atoms with Gasteiger partial charge in [-0.05, 0) is 91.4 Å². The fourth-order valence-corrected chi connectivity index (χ4v) is 5.30. The second kappa shape index (κ2) is 9.92. The lowest BCUT2D eigenvalue weighted by molar-refractivity contribution is 0.0925. The first-order chi connectivity index (χ1) is 19.7. The number of carbonyl (C=O) groups is 2. The Bertz CT molecular complexity index is 1820. The smallest absolute Gasteiger partial charge is 0.255 e. The maximum atomic E-state index is 13.5. The van der Waals surface area contributed by atoms with Crippen LogP contribution in [-0.2, 0) is 19.0 Å². The number of amides is 2. The zero-order chi connectivity index (χ0) is 28.9. The number of hydrogen-bond donors (Lipinski definition) is 2. The molecule has 0 aliphatic heterocycles. The second-order valence-corrected chi connectivity index (χ2v) is 10.6. The number of aromatic nitrogens is 2. The molecule has 9 heteroatoms. The zero-order valence-corrected chi connectivity index (χ0v) is 23.0. The lowest BCUT2D eigenvalue weighted by Gasteiger charge is -2.18. The van der Waals surface area contributed by atoms with Crippen LogP contribution >= 0.6 is 0 Å². The molecular weight excluding hydrogens is 523 g/mol. The molecule has 8 nitrogen and oxygen atoms in total. The minimum atomic E-state index is -0.637. The van der Waals surface area contributed by atoms with Crippen molar-refractivity contribution in [1.82, 2.24) is 14.9 Å². The number of rotatable bonds is 8. The van der Waals surface area contributed by atoms with Gasteiger partial charge in [-0.25, -0.2) is 9.37 Å². The Morgan fingerprint density at radius 2 is 1.90 bits per heavy atom. The Morgan fingerprint density at radius 1 is 1.15 bits per heavy atom. The van der Waals surface area contributed by atoms with Gasteiger partial charge in [-0.15, -0.1) is 0 Å². The van der Waals surface area contributed by atoms with Crippen molar-refractivity contribution >= 4 is 22.8 Å². The lowest BCUT2D eigenvalue weighted by Crippen LogP contribution is -2.35. The van der Waals surface area contributed by atoms with Crippen LogP contribution in [-0.4, -0.2) is 28.5 Å². The SMILES string of the molecule is COc1cc(C)c(Cc2ccc3oc(-c4ccc(F)cc4)c(C(N)=O)c3c2)cc1C(=O)NC1(c2cn(C)cn2)CC1. The molecule has 1 fully saturated rings. The first-order valence-corrected chi connectivity index (χ1v) is 13.3. The van der Waals surface area contributed by atoms with Crippen molar-refractivity contribution in [3.05, 3.63) is 106 Å². The summed E-state index contributed by atoms with van der Waals surface area (Å²) < 4.78 is 26.9. The topological polar surface area (TPSA) is 112 Å². The second-order valence-electron chi connectivity index (χ2n) is 10.6. The van der Waals surface area contributed by atoms with Gasteiger partial charge in [0.25, 0.3) is 11.8 Å². The van der Waals surface area contributed by atoms with Gasteiger partial charge in [-0.2, -0.15) is 0 Å². The van der Waals surface area contributed by atoms with Crippen molar-refractivity contribution in [2.45, 2.75) is 31.7 Å². The highest BCUT2D eigenvalue weighted by Gasteiger charge is 2.48. The number of fused-ring (bicyclic) bond motifs is 1. The molecule has 2 amide bonds. The van der Waals surface area contributed by atoms with E-state index in [0.29, 0.717) is 40.0 Å². The molecule has 0 atom stereocenters. The highest BCUT2D eigenvalue weighted by molar-refractivity contribution is 6.10. The van der Waals surface area contributed by atoms with Crippen molar-refractivity contribution in [2.24, 2.45) is 12.8 Å². The number of hydrogen-bond acceptors (Lipinski definition) is 5. The third kappa shape index (κ3) is 4.84. The van der Waals surface area contributed by atoms with E-state index >= 15 is 0 Å². The van der Waals surface area contributed by atoms with E-state index < -0.39 is 11.4 Å². The van der Waals surface area contributed by atoms with Gasteiger partial charge >= 0.3 is 0 Å². The van der Waals surface area contributed by atoms with Gasteiger partial charge in [0.1, 0.15) is 22.9 Å². The molecule has 0 spiro atoms. The highest BCUT2D eigenvalue weighted by atomic mass is 19.1. The van der Waals surface area contributed by atoms with Gasteiger partial charge < -0.3 is 24.8 Å². The molecule has 0 bridgehead atoms. The molecule has 41 heavy (non-hydrogen) atoms. The summed E-state index contributed by atoms with van der Waals surface area (Å²) >= 11 is 0. The minimum Gasteiger partial charge on any atom is -0.496 e. The molecule has 0 saturated heterocycles. The van der Waals surface area contributed by atoms with Crippen molar-refractivity contribution < 1.29 is 23.1 Å². The molecule has 1 aliphatic carbocycles. The van der Waals surface area contributed by atoms with E-state index in [2.05, 4.69) is 10.3 Å². The molecular formula is C32H29FN4O4. The number of halogens is 1. The average Bonchev–Trinajstić information content (AvgIpc) is 3.41. The van der Waals surface area contributed by atoms with E-state index in [0.717, 1.165) is 35.2 Å². The minimum absolute atomic E-state index is 0.225. The molecule has 5 aromatic rings. The number of furan rings is 1. The van der Waals surface area contributed by atoms with Crippen LogP contribution < -0.4 is 15.8 Å². The molecule has 0 unspecified atom stereocenters. The van der Waals surface area contributed by atoms with Crippen LogP contribution in [0, 0.1) is 12.7 Å². The number of primary amides is 1. The monoisotopic (exact) mass is 552 g/mol. The van der Waals surface area contributed by atoms with Gasteiger partial charge in [-0.1, -0.05) is 6.07 Å². The molecule has 208 valence electrons. The summed E-state index contributed by atoms with van der Waals surface area (Å²) in [6.45, 7) is 1.97. The Labute approximate surface area is 235 Å². The quantitative estimate of drug-likeness (QED) is 0.268. The summed E-state index contributed by atoms with van der Waals surface area (Å²) in [6, 6.07) is 15.0. The number of imidazole rings is 1. The van der Waals surface area contributed by atoms with E-state index in [1.807, 2.05) is 49.0 Å². The number of nitrogens with one attached hydrogen (secondary N) is 1. The van der Waals surface area contributed by atoms with Crippen LogP contribution in [0.2, 0.25) is 0 Å². The maximum absolute atomic E-state index is 13.5. The number of carbonyl (C=O) groups excluding carboxylic acids is 2. The van der Waals surface area contributed by atoms with Crippen molar-refractivity contribution in [3.63, 3.8) is 0 Å². The first kappa shape index (κ1) is 26.3. The van der Waals surface area contributed by atoms with E-state index in [1.54, 1.807) is 31.6 Å². The third-order valence-electron chi connectivity index (χ3n) is 7.70. The van der Waals surface area contributed by atoms with Gasteiger partial charge in [0.15, 0.2) is 0 Å². The standard InChI is InChI=1S/C32H29FN4O4/c1-18-12-26(40-3)24(31(39)36-32(10-11-32)27-16-37(2)17-35-27)15-21(18)13-19-4-9-25-23(14-19)28(30(34)38)29(41-25)20-5-7-22(33)8-6-20/h4-9,12,14-17H,10-11,13H2,1-3H3,(H2,34,38)(H,36,39). The number of benzene rings is 3. The molecule has 1 aliphatic rings. The molecule has 0 radical (unpaired) electrons. The van der Waals surface area contributed by atoms with E-state index in [4.69, 9.17) is 14.9 Å². The highest BCUT2D eigenvalue weighted by Crippen LogP contribution is 2.45. The summed E-state index contributed by atoms with van der Waals surface area (Å²) in [4.78, 5) is 30.5. The Hall–Kier alpha value is -4.92. The molecule has 2 heterocycles. The number of ether oxygens (including phenoxy) is 1. The van der Waals surface area contributed by atoms with Crippen molar-refractivity contribution in [2.75, 3.05) is 7.11 Å². The Balaban J connectivity index is 1.33. The average molecular weight is 553 g/mol. The molecule has 6 rings (SSSR count). The Kier molecular flexibility index (Phi) is 6.37. The zero-order valence-electron chi connectivity index (χ0n) is 23.0. The fraction of sp³-hybridized carbons (Fsp3) is 0.219. The van der Waals surface area contributed by atoms with Gasteiger partial charge in [0.05, 0.1) is 35.8 Å². The van der Waals surface area contributed by atoms with Crippen molar-refractivity contribution in [1.29, 1.82) is 0 Å². The van der Waals surface area contributed by atoms with E-state index in [9.17, 15) is 14.0 Å². The van der Waals surface area contributed by atoms with Crippen molar-refractivity contribution in [3.8, 4) is 17.1 Å². The summed E-state index contributed by atoms with van der Waals surface area (Å²) in [5, 5.41) is 3.76. The van der Waals surface area contributed by atoms with Crippen LogP contribution in [0.4, 0.5) is 4.39 Å². The number of methoxy groups -OCH3 is 1. The molecule has 1 saturated carbocycles. The fourth-order valence-electron chi connectivity index (χ4n) is 5.30. The number of nitrogens with zero attached hydrogens (tertiary/aromatic N) is 2. The molecule has 2 aromatic heterocycles. The van der Waals surface area contributed by atoms with Gasteiger partial charge in [0, 0.05) is 24.2 Å². The first-order valence-electron chi connectivity index (χ1n) is 13.3. The summed E-state index contributed by atoms with van der Waals surface area (Å²) in [5.41, 5.74) is 10.7. The summed E-state index contributed by atoms with van der Waals surface area (Å²) in [7, 11) is 3.45. The predicted octanol–water partition coefficient (Wildman–Crippen LogP) is 5.40. The maximum Gasteiger partial charge on any atom is 0.255 e. The van der Waals surface area contributed by atoms with Crippen LogP contribution in [0.15, 0.2) is 71.5 Å². The van der Waals surface area contributed by atoms with Gasteiger partial charge in [0.2, 0.25) is 0 Å². The van der Waals surface area contributed by atoms with Crippen LogP contribution in [0.5, 0.6) is 5.75 Å². The lowest BCUT2D eigenvalue weighted by atomic mass is 9.95. The van der Waals surface area contributed by atoms with E-state index in [-0.39, 0.29) is 17.3 Å². The summed E-state index contributed by atoms with van der Waals surface area (Å²) in [6.07, 6.45) is 5.80. The van der Waals surface area contributed by atoms with Crippen LogP contribution in [0.25, 0.3) is 22.3 Å². The van der Waals surface area contributed by atoms with E-state index in [1.165, 1.54) is 12.1 Å². The van der Waals surface area contributed by atoms with Gasteiger partial charge in [-0.3, -0.25) is 9.59 Å². The number of aryl methyl sites for hydroxylation is 2. The molecule has 3 aromatic carbocycles. The largest absolute Gasteiger partial charge is 0.496 e. The third-order valence-corrected chi connectivity index (χ3v) is 7.70. The Morgan fingerprint density at radius 3 is 2.54 bits per heavy atom.